The van der Waals surface area contributed by atoms with Crippen LogP contribution in [-0.4, -0.2) is 20.7 Å². The summed E-state index contributed by atoms with van der Waals surface area (Å²) in [5, 5.41) is 7.63. The standard InChI is InChI=1S/C18H16ClFN4O/c1-11(15-5-3-4-6-16(15)19)21-18(25)17-22-12(2)24(23-17)14-9-7-13(20)8-10-14/h3-11H,1-2H3,(H,21,25)/t11-/m0/s1. The number of carbonyl (C=O) groups is 1. The van der Waals surface area contributed by atoms with Gasteiger partial charge in [0.05, 0.1) is 11.7 Å². The molecule has 0 aliphatic rings. The Labute approximate surface area is 149 Å². The molecule has 1 atom stereocenters. The Kier molecular flexibility index (Phi) is 4.81. The van der Waals surface area contributed by atoms with Crippen LogP contribution in [0.1, 0.15) is 35.0 Å². The van der Waals surface area contributed by atoms with Crippen molar-refractivity contribution in [2.75, 3.05) is 0 Å². The first kappa shape index (κ1) is 17.1. The lowest BCUT2D eigenvalue weighted by molar-refractivity contribution is 0.0929. The van der Waals surface area contributed by atoms with E-state index in [2.05, 4.69) is 15.4 Å². The van der Waals surface area contributed by atoms with E-state index in [1.807, 2.05) is 25.1 Å². The van der Waals surface area contributed by atoms with Crippen LogP contribution in [0.2, 0.25) is 5.02 Å². The van der Waals surface area contributed by atoms with Gasteiger partial charge in [-0.2, -0.15) is 0 Å². The minimum absolute atomic E-state index is 0.0423. The highest BCUT2D eigenvalue weighted by molar-refractivity contribution is 6.31. The summed E-state index contributed by atoms with van der Waals surface area (Å²) in [6.07, 6.45) is 0. The first-order valence-electron chi connectivity index (χ1n) is 7.70. The number of hydrogen-bond donors (Lipinski definition) is 1. The Morgan fingerprint density at radius 1 is 1.20 bits per heavy atom. The zero-order valence-electron chi connectivity index (χ0n) is 13.7. The molecule has 0 saturated carbocycles. The number of hydrogen-bond acceptors (Lipinski definition) is 3. The fraction of sp³-hybridized carbons (Fsp3) is 0.167. The molecule has 0 unspecified atom stereocenters. The number of nitrogens with zero attached hydrogens (tertiary/aromatic N) is 3. The summed E-state index contributed by atoms with van der Waals surface area (Å²) in [6, 6.07) is 12.8. The summed E-state index contributed by atoms with van der Waals surface area (Å²) in [5.41, 5.74) is 1.44. The highest BCUT2D eigenvalue weighted by Gasteiger charge is 2.19. The average Bonchev–Trinajstić information content (AvgIpc) is 2.98. The molecule has 3 rings (SSSR count). The summed E-state index contributed by atoms with van der Waals surface area (Å²) in [7, 11) is 0. The van der Waals surface area contributed by atoms with Crippen molar-refractivity contribution in [2.45, 2.75) is 19.9 Å². The average molecular weight is 359 g/mol. The van der Waals surface area contributed by atoms with Gasteiger partial charge >= 0.3 is 0 Å². The van der Waals surface area contributed by atoms with Crippen LogP contribution >= 0.6 is 11.6 Å². The smallest absolute Gasteiger partial charge is 0.291 e. The molecule has 7 heteroatoms. The van der Waals surface area contributed by atoms with Crippen molar-refractivity contribution < 1.29 is 9.18 Å². The third-order valence-corrected chi connectivity index (χ3v) is 4.11. The van der Waals surface area contributed by atoms with Gasteiger partial charge in [0.2, 0.25) is 5.82 Å². The molecule has 0 saturated heterocycles. The zero-order valence-corrected chi connectivity index (χ0v) is 14.5. The van der Waals surface area contributed by atoms with Gasteiger partial charge in [-0.15, -0.1) is 5.10 Å². The molecule has 0 aliphatic heterocycles. The Hall–Kier alpha value is -2.73. The third kappa shape index (κ3) is 3.69. The van der Waals surface area contributed by atoms with Gasteiger partial charge in [0.1, 0.15) is 11.6 Å². The molecule has 1 aromatic heterocycles. The SMILES string of the molecule is Cc1nc(C(=O)N[C@@H](C)c2ccccc2Cl)nn1-c1ccc(F)cc1. The van der Waals surface area contributed by atoms with Gasteiger partial charge in [-0.25, -0.2) is 14.1 Å². The largest absolute Gasteiger partial charge is 0.343 e. The number of aromatic nitrogens is 3. The Morgan fingerprint density at radius 3 is 2.56 bits per heavy atom. The van der Waals surface area contributed by atoms with E-state index in [0.717, 1.165) is 5.56 Å². The lowest BCUT2D eigenvalue weighted by Gasteiger charge is -2.14. The Balaban J connectivity index is 1.80. The van der Waals surface area contributed by atoms with Crippen molar-refractivity contribution in [3.63, 3.8) is 0 Å². The summed E-state index contributed by atoms with van der Waals surface area (Å²) in [5.74, 6) is -0.174. The van der Waals surface area contributed by atoms with Gasteiger partial charge in [-0.3, -0.25) is 4.79 Å². The minimum atomic E-state index is -0.406. The number of aryl methyl sites for hydroxylation is 1. The number of benzene rings is 2. The zero-order chi connectivity index (χ0) is 18.0. The van der Waals surface area contributed by atoms with Crippen molar-refractivity contribution in [1.82, 2.24) is 20.1 Å². The van der Waals surface area contributed by atoms with Crippen molar-refractivity contribution in [3.8, 4) is 5.69 Å². The van der Waals surface area contributed by atoms with E-state index in [4.69, 9.17) is 11.6 Å². The van der Waals surface area contributed by atoms with Crippen LogP contribution in [0, 0.1) is 12.7 Å². The maximum Gasteiger partial charge on any atom is 0.291 e. The molecule has 0 spiro atoms. The van der Waals surface area contributed by atoms with Crippen LogP contribution in [-0.2, 0) is 0 Å². The van der Waals surface area contributed by atoms with Gasteiger partial charge in [-0.1, -0.05) is 29.8 Å². The number of rotatable bonds is 4. The predicted molar refractivity (Wildman–Crippen MR) is 93.4 cm³/mol. The fourth-order valence-corrected chi connectivity index (χ4v) is 2.78. The van der Waals surface area contributed by atoms with Crippen molar-refractivity contribution in [1.29, 1.82) is 0 Å². The van der Waals surface area contributed by atoms with Crippen molar-refractivity contribution in [3.05, 3.63) is 76.6 Å². The topological polar surface area (TPSA) is 59.8 Å². The molecule has 0 aliphatic carbocycles. The van der Waals surface area contributed by atoms with Gasteiger partial charge in [0, 0.05) is 5.02 Å². The first-order chi connectivity index (χ1) is 12.0. The van der Waals surface area contributed by atoms with Gasteiger partial charge in [-0.05, 0) is 49.7 Å². The summed E-state index contributed by atoms with van der Waals surface area (Å²) in [4.78, 5) is 16.6. The van der Waals surface area contributed by atoms with Crippen molar-refractivity contribution >= 4 is 17.5 Å². The minimum Gasteiger partial charge on any atom is -0.343 e. The molecule has 1 N–H and O–H groups in total. The molecule has 2 aromatic carbocycles. The van der Waals surface area contributed by atoms with E-state index < -0.39 is 5.91 Å². The molecule has 0 fully saturated rings. The van der Waals surface area contributed by atoms with Gasteiger partial charge in [0.15, 0.2) is 0 Å². The fourth-order valence-electron chi connectivity index (χ4n) is 2.48. The van der Waals surface area contributed by atoms with E-state index in [9.17, 15) is 9.18 Å². The number of halogens is 2. The van der Waals surface area contributed by atoms with Crippen LogP contribution in [0.5, 0.6) is 0 Å². The summed E-state index contributed by atoms with van der Waals surface area (Å²) < 4.78 is 14.5. The molecule has 5 nitrogen and oxygen atoms in total. The number of carbonyl (C=O) groups excluding carboxylic acids is 1. The number of amides is 1. The van der Waals surface area contributed by atoms with E-state index in [1.165, 1.54) is 16.8 Å². The molecular formula is C18H16ClFN4O. The second-order valence-electron chi connectivity index (χ2n) is 5.59. The van der Waals surface area contributed by atoms with Crippen LogP contribution in [0.4, 0.5) is 4.39 Å². The van der Waals surface area contributed by atoms with Crippen LogP contribution in [0.15, 0.2) is 48.5 Å². The lowest BCUT2D eigenvalue weighted by atomic mass is 10.1. The molecule has 0 bridgehead atoms. The van der Waals surface area contributed by atoms with Crippen molar-refractivity contribution in [2.24, 2.45) is 0 Å². The number of nitrogens with one attached hydrogen (secondary N) is 1. The second-order valence-corrected chi connectivity index (χ2v) is 5.99. The normalized spacial score (nSPS) is 12.0. The first-order valence-corrected chi connectivity index (χ1v) is 8.08. The Morgan fingerprint density at radius 2 is 1.88 bits per heavy atom. The molecular weight excluding hydrogens is 343 g/mol. The molecule has 1 amide bonds. The molecule has 1 heterocycles. The van der Waals surface area contributed by atoms with Gasteiger partial charge < -0.3 is 5.32 Å². The van der Waals surface area contributed by atoms with E-state index in [-0.39, 0.29) is 17.7 Å². The predicted octanol–water partition coefficient (Wildman–Crippen LogP) is 3.86. The highest BCUT2D eigenvalue weighted by atomic mass is 35.5. The van der Waals surface area contributed by atoms with Gasteiger partial charge in [0.25, 0.3) is 5.91 Å². The summed E-state index contributed by atoms with van der Waals surface area (Å²) in [6.45, 7) is 3.56. The van der Waals surface area contributed by atoms with Crippen LogP contribution in [0.3, 0.4) is 0 Å². The molecule has 0 radical (unpaired) electrons. The van der Waals surface area contributed by atoms with E-state index in [1.54, 1.807) is 25.1 Å². The molecule has 3 aromatic rings. The van der Waals surface area contributed by atoms with Crippen LogP contribution in [0.25, 0.3) is 5.69 Å². The Bertz CT molecular complexity index is 908. The summed E-state index contributed by atoms with van der Waals surface area (Å²) >= 11 is 6.15. The molecule has 128 valence electrons. The monoisotopic (exact) mass is 358 g/mol. The lowest BCUT2D eigenvalue weighted by Crippen LogP contribution is -2.28. The van der Waals surface area contributed by atoms with E-state index in [0.29, 0.717) is 16.5 Å². The maximum atomic E-state index is 13.1. The quantitative estimate of drug-likeness (QED) is 0.770. The molecule has 25 heavy (non-hydrogen) atoms. The van der Waals surface area contributed by atoms with Crippen LogP contribution < -0.4 is 5.32 Å². The highest BCUT2D eigenvalue weighted by Crippen LogP contribution is 2.22. The van der Waals surface area contributed by atoms with E-state index >= 15 is 0 Å². The maximum absolute atomic E-state index is 13.1. The second kappa shape index (κ2) is 7.03. The third-order valence-electron chi connectivity index (χ3n) is 3.76.